The molecule has 3 rings (SSSR count). The minimum absolute atomic E-state index is 1.19. The van der Waals surface area contributed by atoms with Crippen molar-refractivity contribution in [1.82, 2.24) is 0 Å². The van der Waals surface area contributed by atoms with Crippen LogP contribution in [0.5, 0.6) is 0 Å². The van der Waals surface area contributed by atoms with E-state index in [1.165, 1.54) is 22.3 Å². The molecule has 0 aliphatic carbocycles. The van der Waals surface area contributed by atoms with Crippen LogP contribution in [-0.2, 0) is 0 Å². The fourth-order valence-electron chi connectivity index (χ4n) is 2.48. The first kappa shape index (κ1) is 15.8. The number of rotatable bonds is 5. The van der Waals surface area contributed by atoms with Crippen molar-refractivity contribution in [3.8, 4) is 0 Å². The standard InChI is InChI=1S/C24H20/c1-4-12-21(13-5-1)14-10-11-19-24(23-17-8-3-9-18-23)20-22-15-6-2-7-16-22/h1-20H/b14-10-,19-11+,24-20+. The van der Waals surface area contributed by atoms with Gasteiger partial charge < -0.3 is 0 Å². The molecule has 0 aliphatic rings. The zero-order chi connectivity index (χ0) is 16.5. The monoisotopic (exact) mass is 308 g/mol. The molecule has 3 aromatic rings. The zero-order valence-electron chi connectivity index (χ0n) is 13.5. The lowest BCUT2D eigenvalue weighted by Crippen LogP contribution is -1.81. The van der Waals surface area contributed by atoms with Crippen molar-refractivity contribution >= 4 is 17.7 Å². The van der Waals surface area contributed by atoms with Gasteiger partial charge in [-0.1, -0.05) is 115 Å². The van der Waals surface area contributed by atoms with E-state index in [1.807, 2.05) is 30.3 Å². The van der Waals surface area contributed by atoms with Gasteiger partial charge in [-0.15, -0.1) is 0 Å². The lowest BCUT2D eigenvalue weighted by atomic mass is 10.0. The zero-order valence-corrected chi connectivity index (χ0v) is 13.5. The third-order valence-corrected chi connectivity index (χ3v) is 3.70. The first-order chi connectivity index (χ1) is 11.9. The lowest BCUT2D eigenvalue weighted by Gasteiger charge is -2.03. The summed E-state index contributed by atoms with van der Waals surface area (Å²) in [7, 11) is 0. The van der Waals surface area contributed by atoms with Crippen molar-refractivity contribution in [1.29, 1.82) is 0 Å². The summed E-state index contributed by atoms with van der Waals surface area (Å²) in [6.07, 6.45) is 10.7. The summed E-state index contributed by atoms with van der Waals surface area (Å²) in [5, 5.41) is 0. The average Bonchev–Trinajstić information content (AvgIpc) is 2.66. The smallest absolute Gasteiger partial charge is 0.0178 e. The Kier molecular flexibility index (Phi) is 5.58. The van der Waals surface area contributed by atoms with Crippen LogP contribution in [0.15, 0.2) is 109 Å². The Hall–Kier alpha value is -3.12. The number of allylic oxidation sites excluding steroid dienone is 4. The van der Waals surface area contributed by atoms with E-state index in [-0.39, 0.29) is 0 Å². The minimum Gasteiger partial charge on any atom is -0.0622 e. The molecule has 116 valence electrons. The van der Waals surface area contributed by atoms with E-state index in [2.05, 4.69) is 91.0 Å². The first-order valence-electron chi connectivity index (χ1n) is 8.14. The van der Waals surface area contributed by atoms with E-state index in [4.69, 9.17) is 0 Å². The van der Waals surface area contributed by atoms with Gasteiger partial charge in [0.25, 0.3) is 0 Å². The van der Waals surface area contributed by atoms with Crippen molar-refractivity contribution in [2.45, 2.75) is 0 Å². The van der Waals surface area contributed by atoms with Crippen LogP contribution in [0.4, 0.5) is 0 Å². The van der Waals surface area contributed by atoms with Gasteiger partial charge in [-0.3, -0.25) is 0 Å². The van der Waals surface area contributed by atoms with Gasteiger partial charge >= 0.3 is 0 Å². The van der Waals surface area contributed by atoms with Gasteiger partial charge in [0.05, 0.1) is 0 Å². The van der Waals surface area contributed by atoms with Gasteiger partial charge in [-0.05, 0) is 28.3 Å². The predicted molar refractivity (Wildman–Crippen MR) is 105 cm³/mol. The fourth-order valence-corrected chi connectivity index (χ4v) is 2.48. The number of hydrogen-bond acceptors (Lipinski definition) is 0. The fraction of sp³-hybridized carbons (Fsp3) is 0. The maximum Gasteiger partial charge on any atom is -0.0178 e. The summed E-state index contributed by atoms with van der Waals surface area (Å²) >= 11 is 0. The van der Waals surface area contributed by atoms with Crippen LogP contribution in [0.1, 0.15) is 16.7 Å². The van der Waals surface area contributed by atoms with Gasteiger partial charge in [0.15, 0.2) is 0 Å². The quantitative estimate of drug-likeness (QED) is 0.373. The first-order valence-corrected chi connectivity index (χ1v) is 8.14. The third-order valence-electron chi connectivity index (χ3n) is 3.70. The molecule has 0 saturated carbocycles. The molecule has 0 radical (unpaired) electrons. The number of benzene rings is 3. The molecule has 0 spiro atoms. The molecule has 0 aromatic heterocycles. The highest BCUT2D eigenvalue weighted by Gasteiger charge is 1.97. The molecule has 0 aliphatic heterocycles. The summed E-state index contributed by atoms with van der Waals surface area (Å²) in [6.45, 7) is 0. The van der Waals surface area contributed by atoms with Crippen LogP contribution in [0.25, 0.3) is 17.7 Å². The van der Waals surface area contributed by atoms with Crippen molar-refractivity contribution in [2.24, 2.45) is 0 Å². The van der Waals surface area contributed by atoms with E-state index >= 15 is 0 Å². The topological polar surface area (TPSA) is 0 Å². The predicted octanol–water partition coefficient (Wildman–Crippen LogP) is 6.50. The molecule has 24 heavy (non-hydrogen) atoms. The molecule has 0 unspecified atom stereocenters. The molecule has 3 aromatic carbocycles. The second-order valence-electron chi connectivity index (χ2n) is 5.51. The normalized spacial score (nSPS) is 12.1. The Labute approximate surface area is 144 Å². The molecule has 0 fully saturated rings. The molecule has 0 heteroatoms. The summed E-state index contributed by atoms with van der Waals surface area (Å²) in [5.74, 6) is 0. The molecule has 0 amide bonds. The maximum absolute atomic E-state index is 2.21. The van der Waals surface area contributed by atoms with Gasteiger partial charge in [0, 0.05) is 0 Å². The summed E-state index contributed by atoms with van der Waals surface area (Å²) in [5.41, 5.74) is 4.81. The molecule has 0 bridgehead atoms. The van der Waals surface area contributed by atoms with Crippen LogP contribution in [-0.4, -0.2) is 0 Å². The van der Waals surface area contributed by atoms with Crippen molar-refractivity contribution < 1.29 is 0 Å². The van der Waals surface area contributed by atoms with Gasteiger partial charge in [-0.25, -0.2) is 0 Å². The van der Waals surface area contributed by atoms with Crippen LogP contribution in [0.2, 0.25) is 0 Å². The van der Waals surface area contributed by atoms with Crippen molar-refractivity contribution in [3.63, 3.8) is 0 Å². The molecule has 0 saturated heterocycles. The Bertz CT molecular complexity index is 823. The van der Waals surface area contributed by atoms with E-state index < -0.39 is 0 Å². The van der Waals surface area contributed by atoms with Crippen LogP contribution in [0.3, 0.4) is 0 Å². The van der Waals surface area contributed by atoms with E-state index in [1.54, 1.807) is 0 Å². The largest absolute Gasteiger partial charge is 0.0622 e. The Morgan fingerprint density at radius 3 is 1.71 bits per heavy atom. The van der Waals surface area contributed by atoms with Crippen LogP contribution >= 0.6 is 0 Å². The van der Waals surface area contributed by atoms with E-state index in [0.29, 0.717) is 0 Å². The van der Waals surface area contributed by atoms with Gasteiger partial charge in [-0.2, -0.15) is 0 Å². The highest BCUT2D eigenvalue weighted by Crippen LogP contribution is 2.19. The minimum atomic E-state index is 1.19. The SMILES string of the molecule is C(=C/c1ccccc1)/C=C/C(=C\c1ccccc1)c1ccccc1. The summed E-state index contributed by atoms with van der Waals surface area (Å²) in [4.78, 5) is 0. The highest BCUT2D eigenvalue weighted by atomic mass is 14.0. The molecule has 0 nitrogen and oxygen atoms in total. The molecule has 0 atom stereocenters. The second kappa shape index (κ2) is 8.50. The molecular formula is C24H20. The van der Waals surface area contributed by atoms with Gasteiger partial charge in [0.2, 0.25) is 0 Å². The summed E-state index contributed by atoms with van der Waals surface area (Å²) in [6, 6.07) is 31.2. The second-order valence-corrected chi connectivity index (χ2v) is 5.51. The molecule has 0 N–H and O–H groups in total. The Balaban J connectivity index is 1.84. The highest BCUT2D eigenvalue weighted by molar-refractivity contribution is 5.87. The summed E-state index contributed by atoms with van der Waals surface area (Å²) < 4.78 is 0. The molecular weight excluding hydrogens is 288 g/mol. The van der Waals surface area contributed by atoms with Crippen molar-refractivity contribution in [2.75, 3.05) is 0 Å². The molecule has 0 heterocycles. The van der Waals surface area contributed by atoms with Crippen molar-refractivity contribution in [3.05, 3.63) is 126 Å². The van der Waals surface area contributed by atoms with Crippen LogP contribution < -0.4 is 0 Å². The van der Waals surface area contributed by atoms with E-state index in [9.17, 15) is 0 Å². The third kappa shape index (κ3) is 4.69. The van der Waals surface area contributed by atoms with E-state index in [0.717, 1.165) is 0 Å². The van der Waals surface area contributed by atoms with Gasteiger partial charge in [0.1, 0.15) is 0 Å². The maximum atomic E-state index is 2.21. The van der Waals surface area contributed by atoms with Crippen LogP contribution in [0, 0.1) is 0 Å². The lowest BCUT2D eigenvalue weighted by molar-refractivity contribution is 1.61. The Morgan fingerprint density at radius 2 is 1.08 bits per heavy atom. The number of hydrogen-bond donors (Lipinski definition) is 0. The average molecular weight is 308 g/mol. The Morgan fingerprint density at radius 1 is 0.542 bits per heavy atom.